The van der Waals surface area contributed by atoms with Crippen LogP contribution in [0.25, 0.3) is 0 Å². The maximum atomic E-state index is 13.7. The second-order valence-electron chi connectivity index (χ2n) is 6.02. The minimum Gasteiger partial charge on any atom is -0.308 e. The van der Waals surface area contributed by atoms with Crippen molar-refractivity contribution >= 4 is 41.0 Å². The maximum absolute atomic E-state index is 13.7. The Morgan fingerprint density at radius 3 is 2.06 bits per heavy atom. The molecule has 1 unspecified atom stereocenters. The van der Waals surface area contributed by atoms with Crippen molar-refractivity contribution in [3.05, 3.63) is 59.1 Å². The van der Waals surface area contributed by atoms with Crippen LogP contribution in [-0.4, -0.2) is 35.8 Å². The van der Waals surface area contributed by atoms with E-state index in [1.165, 1.54) is 18.2 Å². The van der Waals surface area contributed by atoms with Gasteiger partial charge in [-0.1, -0.05) is 23.7 Å². The Morgan fingerprint density at radius 1 is 0.939 bits per heavy atom. The van der Waals surface area contributed by atoms with Gasteiger partial charge in [-0.2, -0.15) is 30.7 Å². The Balaban J connectivity index is 1.97. The van der Waals surface area contributed by atoms with Gasteiger partial charge < -0.3 is 5.32 Å². The highest BCUT2D eigenvalue weighted by Gasteiger charge is 2.63. The average molecular weight is 523 g/mol. The minimum absolute atomic E-state index is 0.00221. The number of urea groups is 1. The molecule has 0 aliphatic rings. The summed E-state index contributed by atoms with van der Waals surface area (Å²) in [5, 5.41) is -0.592. The Labute approximate surface area is 189 Å². The molecule has 0 saturated carbocycles. The van der Waals surface area contributed by atoms with Crippen molar-refractivity contribution in [2.45, 2.75) is 28.8 Å². The first-order valence-electron chi connectivity index (χ1n) is 8.42. The molecule has 2 N–H and O–H groups in total. The topological polar surface area (TPSA) is 67.4 Å². The summed E-state index contributed by atoms with van der Waals surface area (Å²) in [6.45, 7) is 0. The Kier molecular flexibility index (Phi) is 8.19. The first kappa shape index (κ1) is 26.7. The molecule has 0 aromatic heterocycles. The van der Waals surface area contributed by atoms with Crippen LogP contribution in [0.1, 0.15) is 10.4 Å². The molecule has 15 heteroatoms. The van der Waals surface area contributed by atoms with Crippen LogP contribution in [0.4, 0.5) is 45.6 Å². The number of alkyl halides is 8. The smallest absolute Gasteiger partial charge is 0.308 e. The summed E-state index contributed by atoms with van der Waals surface area (Å²) in [5.41, 5.74) is -0.0221. The molecule has 0 saturated heterocycles. The standard InChI is InChI=1S/C18H11ClF8N2O3S/c19-12-4-2-1-3-11(12)13(30)29-15(31)28-9-5-7-10(8-6-9)33-16(21,22)14(20)32-18(26,27)17(23,24)25/h1-8,14H,(H2,28,29,30,31). The van der Waals surface area contributed by atoms with Crippen molar-refractivity contribution in [2.24, 2.45) is 0 Å². The van der Waals surface area contributed by atoms with E-state index in [9.17, 15) is 44.7 Å². The number of carbonyl (C=O) groups excluding carboxylic acids is 2. The molecule has 5 nitrogen and oxygen atoms in total. The van der Waals surface area contributed by atoms with Gasteiger partial charge in [0.15, 0.2) is 0 Å². The lowest BCUT2D eigenvalue weighted by Crippen LogP contribution is -2.45. The number of halogens is 9. The van der Waals surface area contributed by atoms with Crippen LogP contribution in [0.15, 0.2) is 53.4 Å². The molecule has 3 amide bonds. The lowest BCUT2D eigenvalue weighted by atomic mass is 10.2. The van der Waals surface area contributed by atoms with Crippen molar-refractivity contribution in [1.82, 2.24) is 5.32 Å². The zero-order valence-electron chi connectivity index (χ0n) is 15.7. The highest BCUT2D eigenvalue weighted by molar-refractivity contribution is 8.00. The summed E-state index contributed by atoms with van der Waals surface area (Å²) in [6.07, 6.45) is -16.8. The Morgan fingerprint density at radius 2 is 1.52 bits per heavy atom. The van der Waals surface area contributed by atoms with Crippen LogP contribution < -0.4 is 10.6 Å². The van der Waals surface area contributed by atoms with E-state index >= 15 is 0 Å². The van der Waals surface area contributed by atoms with Gasteiger partial charge >= 0.3 is 23.6 Å². The molecule has 180 valence electrons. The van der Waals surface area contributed by atoms with Crippen molar-refractivity contribution < 1.29 is 49.4 Å². The molecule has 0 bridgehead atoms. The summed E-state index contributed by atoms with van der Waals surface area (Å²) >= 11 is 5.14. The van der Waals surface area contributed by atoms with Gasteiger partial charge in [0.2, 0.25) is 0 Å². The average Bonchev–Trinajstić information content (AvgIpc) is 2.68. The summed E-state index contributed by atoms with van der Waals surface area (Å²) < 4.78 is 105. The molecular formula is C18H11ClF8N2O3S. The van der Waals surface area contributed by atoms with E-state index in [0.29, 0.717) is 0 Å². The number of hydrogen-bond acceptors (Lipinski definition) is 4. The number of rotatable bonds is 7. The van der Waals surface area contributed by atoms with Gasteiger partial charge in [-0.25, -0.2) is 9.18 Å². The maximum Gasteiger partial charge on any atom is 0.483 e. The summed E-state index contributed by atoms with van der Waals surface area (Å²) in [6, 6.07) is 8.63. The molecule has 2 aromatic rings. The first-order chi connectivity index (χ1) is 15.1. The van der Waals surface area contributed by atoms with E-state index in [-0.39, 0.29) is 16.3 Å². The SMILES string of the molecule is O=C(NC(=O)c1ccccc1Cl)Nc1ccc(SC(F)(F)C(F)OC(F)(F)C(F)(F)F)cc1. The van der Waals surface area contributed by atoms with E-state index in [0.717, 1.165) is 24.3 Å². The zero-order valence-corrected chi connectivity index (χ0v) is 17.3. The fraction of sp³-hybridized carbons (Fsp3) is 0.222. The van der Waals surface area contributed by atoms with E-state index in [1.807, 2.05) is 5.32 Å². The minimum atomic E-state index is -6.39. The number of benzene rings is 2. The van der Waals surface area contributed by atoms with E-state index in [1.54, 1.807) is 6.07 Å². The van der Waals surface area contributed by atoms with Crippen LogP contribution in [0.3, 0.4) is 0 Å². The second-order valence-corrected chi connectivity index (χ2v) is 7.65. The molecule has 33 heavy (non-hydrogen) atoms. The predicted octanol–water partition coefficient (Wildman–Crippen LogP) is 6.45. The molecule has 2 rings (SSSR count). The largest absolute Gasteiger partial charge is 0.483 e. The van der Waals surface area contributed by atoms with Gasteiger partial charge in [-0.05, 0) is 48.2 Å². The third-order valence-electron chi connectivity index (χ3n) is 3.56. The lowest BCUT2D eigenvalue weighted by Gasteiger charge is -2.25. The number of nitrogens with one attached hydrogen (secondary N) is 2. The lowest BCUT2D eigenvalue weighted by molar-refractivity contribution is -0.422. The van der Waals surface area contributed by atoms with Gasteiger partial charge in [-0.3, -0.25) is 14.8 Å². The molecule has 0 spiro atoms. The van der Waals surface area contributed by atoms with Gasteiger partial charge in [0, 0.05) is 10.6 Å². The fourth-order valence-corrected chi connectivity index (χ4v) is 3.00. The number of thioether (sulfide) groups is 1. The number of amides is 3. The number of imide groups is 1. The van der Waals surface area contributed by atoms with Crippen molar-refractivity contribution in [1.29, 1.82) is 0 Å². The van der Waals surface area contributed by atoms with E-state index in [4.69, 9.17) is 11.6 Å². The van der Waals surface area contributed by atoms with Crippen LogP contribution in [0.2, 0.25) is 5.02 Å². The molecule has 0 fully saturated rings. The normalized spacial score (nSPS) is 13.4. The number of anilines is 1. The predicted molar refractivity (Wildman–Crippen MR) is 102 cm³/mol. The quantitative estimate of drug-likeness (QED) is 0.324. The molecular weight excluding hydrogens is 512 g/mol. The number of ether oxygens (including phenoxy) is 1. The third kappa shape index (κ3) is 7.20. The van der Waals surface area contributed by atoms with Gasteiger partial charge in [0.1, 0.15) is 0 Å². The number of hydrogen-bond donors (Lipinski definition) is 2. The third-order valence-corrected chi connectivity index (χ3v) is 4.85. The van der Waals surface area contributed by atoms with Crippen molar-refractivity contribution in [2.75, 3.05) is 5.32 Å². The van der Waals surface area contributed by atoms with Crippen LogP contribution in [-0.2, 0) is 4.74 Å². The molecule has 0 heterocycles. The first-order valence-corrected chi connectivity index (χ1v) is 9.62. The van der Waals surface area contributed by atoms with E-state index < -0.39 is 52.5 Å². The highest BCUT2D eigenvalue weighted by atomic mass is 35.5. The zero-order chi connectivity index (χ0) is 25.0. The number of carbonyl (C=O) groups is 2. The van der Waals surface area contributed by atoms with E-state index in [2.05, 4.69) is 10.1 Å². The van der Waals surface area contributed by atoms with Gasteiger partial charge in [-0.15, -0.1) is 0 Å². The molecule has 0 aliphatic carbocycles. The fourth-order valence-electron chi connectivity index (χ4n) is 2.05. The highest BCUT2D eigenvalue weighted by Crippen LogP contribution is 2.45. The van der Waals surface area contributed by atoms with Crippen LogP contribution >= 0.6 is 23.4 Å². The monoisotopic (exact) mass is 522 g/mol. The molecule has 0 aliphatic heterocycles. The second kappa shape index (κ2) is 10.1. The van der Waals surface area contributed by atoms with Crippen LogP contribution in [0, 0.1) is 0 Å². The molecule has 1 atom stereocenters. The summed E-state index contributed by atoms with van der Waals surface area (Å²) in [4.78, 5) is 23.4. The van der Waals surface area contributed by atoms with Gasteiger partial charge in [0.25, 0.3) is 12.3 Å². The van der Waals surface area contributed by atoms with Crippen molar-refractivity contribution in [3.8, 4) is 0 Å². The Bertz CT molecular complexity index is 1000. The molecule has 2 aromatic carbocycles. The summed E-state index contributed by atoms with van der Waals surface area (Å²) in [7, 11) is 0. The Hall–Kier alpha value is -2.58. The summed E-state index contributed by atoms with van der Waals surface area (Å²) in [5.74, 6) is -0.838. The van der Waals surface area contributed by atoms with Crippen LogP contribution in [0.5, 0.6) is 0 Å². The van der Waals surface area contributed by atoms with Crippen molar-refractivity contribution in [3.63, 3.8) is 0 Å². The van der Waals surface area contributed by atoms with Gasteiger partial charge in [0.05, 0.1) is 10.6 Å². The molecule has 0 radical (unpaired) electrons.